The van der Waals surface area contributed by atoms with Gasteiger partial charge in [-0.15, -0.1) is 0 Å². The van der Waals surface area contributed by atoms with Crippen molar-refractivity contribution in [3.05, 3.63) is 12.2 Å². The molecule has 11 heteroatoms. The number of hydrogen-bond donors (Lipinski definition) is 5. The summed E-state index contributed by atoms with van der Waals surface area (Å²) in [6, 6.07) is -3.14. The lowest BCUT2D eigenvalue weighted by Crippen LogP contribution is -2.56. The molecule has 0 bridgehead atoms. The highest BCUT2D eigenvalue weighted by Crippen LogP contribution is 2.02. The lowest BCUT2D eigenvalue weighted by Gasteiger charge is -2.22. The molecule has 6 N–H and O–H groups in total. The van der Waals surface area contributed by atoms with Crippen LogP contribution in [-0.4, -0.2) is 66.5 Å². The summed E-state index contributed by atoms with van der Waals surface area (Å²) >= 11 is 0. The van der Waals surface area contributed by atoms with Gasteiger partial charge in [0.15, 0.2) is 0 Å². The summed E-state index contributed by atoms with van der Waals surface area (Å²) in [5.74, 6) is -3.80. The summed E-state index contributed by atoms with van der Waals surface area (Å²) in [5.41, 5.74) is 5.72. The minimum Gasteiger partial charge on any atom is -0.480 e. The van der Waals surface area contributed by atoms with Crippen LogP contribution in [0.25, 0.3) is 0 Å². The molecule has 164 valence electrons. The molecule has 0 aromatic rings. The monoisotopic (exact) mass is 414 g/mol. The summed E-state index contributed by atoms with van der Waals surface area (Å²) in [4.78, 5) is 58.3. The third-order valence-corrected chi connectivity index (χ3v) is 3.81. The number of carboxylic acids is 1. The summed E-state index contributed by atoms with van der Waals surface area (Å²) in [6.45, 7) is 3.37. The molecule has 0 aromatic heterocycles. The normalized spacial score (nSPS) is 13.8. The van der Waals surface area contributed by atoms with Crippen LogP contribution in [0.4, 0.5) is 0 Å². The molecule has 0 aliphatic heterocycles. The molecule has 0 spiro atoms. The van der Waals surface area contributed by atoms with Gasteiger partial charge in [-0.3, -0.25) is 14.4 Å². The summed E-state index contributed by atoms with van der Waals surface area (Å²) in [5, 5.41) is 16.4. The number of amides is 3. The maximum absolute atomic E-state index is 12.4. The largest absolute Gasteiger partial charge is 0.480 e. The van der Waals surface area contributed by atoms with Gasteiger partial charge in [-0.05, 0) is 12.8 Å². The van der Waals surface area contributed by atoms with Crippen molar-refractivity contribution < 1.29 is 33.8 Å². The van der Waals surface area contributed by atoms with Crippen molar-refractivity contribution in [2.45, 2.75) is 57.7 Å². The molecule has 0 saturated carbocycles. The molecule has 0 fully saturated rings. The number of aliphatic carboxylic acids is 1. The number of methoxy groups -OCH3 is 1. The Balaban J connectivity index is 4.76. The van der Waals surface area contributed by atoms with Gasteiger partial charge in [0.2, 0.25) is 17.7 Å². The third-order valence-electron chi connectivity index (χ3n) is 3.81. The quantitative estimate of drug-likeness (QED) is 0.184. The lowest BCUT2D eigenvalue weighted by atomic mass is 10.1. The second-order valence-corrected chi connectivity index (χ2v) is 6.25. The highest BCUT2D eigenvalue weighted by Gasteiger charge is 2.27. The standard InChI is InChI=1S/C18H30N4O7/c1-4-6-12(17(26)22-13(7-5-2)18(27)28)21-16(25)11(19)10-20-14(23)8-9-15(24)29-3/h8-9,11-13H,4-7,10,19H2,1-3H3,(H,20,23)(H,21,25)(H,22,26)(H,27,28)/b9-8+/t11-,12-,13-/m0/s1. The van der Waals surface area contributed by atoms with Crippen LogP contribution in [0.1, 0.15) is 39.5 Å². The second-order valence-electron chi connectivity index (χ2n) is 6.25. The third kappa shape index (κ3) is 10.8. The van der Waals surface area contributed by atoms with E-state index in [0.29, 0.717) is 12.8 Å². The highest BCUT2D eigenvalue weighted by molar-refractivity contribution is 5.95. The molecule has 3 amide bonds. The van der Waals surface area contributed by atoms with Crippen molar-refractivity contribution in [2.75, 3.05) is 13.7 Å². The van der Waals surface area contributed by atoms with Crippen LogP contribution in [-0.2, 0) is 28.7 Å². The minimum absolute atomic E-state index is 0.232. The van der Waals surface area contributed by atoms with Crippen LogP contribution in [0.3, 0.4) is 0 Å². The maximum atomic E-state index is 12.4. The molecular formula is C18H30N4O7. The number of rotatable bonds is 13. The van der Waals surface area contributed by atoms with Gasteiger partial charge in [-0.1, -0.05) is 26.7 Å². The van der Waals surface area contributed by atoms with E-state index in [0.717, 1.165) is 19.3 Å². The van der Waals surface area contributed by atoms with Gasteiger partial charge < -0.3 is 31.5 Å². The average molecular weight is 414 g/mol. The van der Waals surface area contributed by atoms with Crippen molar-refractivity contribution in [1.29, 1.82) is 0 Å². The topological polar surface area (TPSA) is 177 Å². The molecule has 0 aliphatic carbocycles. The van der Waals surface area contributed by atoms with Gasteiger partial charge in [0.1, 0.15) is 18.1 Å². The molecule has 3 atom stereocenters. The first-order valence-electron chi connectivity index (χ1n) is 9.29. The van der Waals surface area contributed by atoms with Gasteiger partial charge in [0.05, 0.1) is 7.11 Å². The molecule has 0 aromatic carbocycles. The van der Waals surface area contributed by atoms with E-state index < -0.39 is 47.8 Å². The van der Waals surface area contributed by atoms with E-state index in [1.165, 1.54) is 0 Å². The Hall–Kier alpha value is -2.95. The van der Waals surface area contributed by atoms with E-state index in [1.54, 1.807) is 13.8 Å². The summed E-state index contributed by atoms with van der Waals surface area (Å²) in [7, 11) is 1.16. The molecule has 29 heavy (non-hydrogen) atoms. The maximum Gasteiger partial charge on any atom is 0.330 e. The first kappa shape index (κ1) is 26.1. The molecule has 0 heterocycles. The lowest BCUT2D eigenvalue weighted by molar-refractivity contribution is -0.142. The van der Waals surface area contributed by atoms with Crippen molar-refractivity contribution in [1.82, 2.24) is 16.0 Å². The smallest absolute Gasteiger partial charge is 0.330 e. The van der Waals surface area contributed by atoms with E-state index >= 15 is 0 Å². The zero-order valence-electron chi connectivity index (χ0n) is 16.9. The van der Waals surface area contributed by atoms with Crippen molar-refractivity contribution in [3.8, 4) is 0 Å². The Kier molecular flexibility index (Phi) is 12.7. The minimum atomic E-state index is -1.15. The average Bonchev–Trinajstić information content (AvgIpc) is 2.68. The summed E-state index contributed by atoms with van der Waals surface area (Å²) < 4.78 is 4.34. The SMILES string of the molecule is CCC[C@H](NC(=O)[C@H](CCC)NC(=O)[C@@H](N)CNC(=O)/C=C/C(=O)OC)C(=O)O. The van der Waals surface area contributed by atoms with Crippen LogP contribution in [0.2, 0.25) is 0 Å². The number of nitrogens with two attached hydrogens (primary N) is 1. The van der Waals surface area contributed by atoms with Crippen LogP contribution in [0.5, 0.6) is 0 Å². The number of nitrogens with one attached hydrogen (secondary N) is 3. The fourth-order valence-electron chi connectivity index (χ4n) is 2.23. The zero-order valence-corrected chi connectivity index (χ0v) is 16.9. The molecule has 11 nitrogen and oxygen atoms in total. The Bertz CT molecular complexity index is 621. The molecular weight excluding hydrogens is 384 g/mol. The summed E-state index contributed by atoms with van der Waals surface area (Å²) in [6.07, 6.45) is 3.53. The van der Waals surface area contributed by atoms with Crippen LogP contribution in [0.15, 0.2) is 12.2 Å². The first-order valence-corrected chi connectivity index (χ1v) is 9.29. The number of carbonyl (C=O) groups excluding carboxylic acids is 4. The predicted octanol–water partition coefficient (Wildman–Crippen LogP) is -1.19. The van der Waals surface area contributed by atoms with Crippen molar-refractivity contribution >= 4 is 29.7 Å². The zero-order chi connectivity index (χ0) is 22.4. The predicted molar refractivity (Wildman–Crippen MR) is 103 cm³/mol. The van der Waals surface area contributed by atoms with Gasteiger partial charge >= 0.3 is 11.9 Å². The Morgan fingerprint density at radius 1 is 0.966 bits per heavy atom. The Morgan fingerprint density at radius 2 is 1.52 bits per heavy atom. The van der Waals surface area contributed by atoms with Crippen LogP contribution >= 0.6 is 0 Å². The fourth-order valence-corrected chi connectivity index (χ4v) is 2.23. The van der Waals surface area contributed by atoms with E-state index in [9.17, 15) is 24.0 Å². The van der Waals surface area contributed by atoms with Gasteiger partial charge in [-0.25, -0.2) is 9.59 Å². The van der Waals surface area contributed by atoms with Gasteiger partial charge in [0.25, 0.3) is 0 Å². The van der Waals surface area contributed by atoms with E-state index in [2.05, 4.69) is 20.7 Å². The number of carbonyl (C=O) groups is 5. The van der Waals surface area contributed by atoms with Gasteiger partial charge in [-0.2, -0.15) is 0 Å². The number of carboxylic acid groups (broad SMARTS) is 1. The van der Waals surface area contributed by atoms with Crippen molar-refractivity contribution in [2.24, 2.45) is 5.73 Å². The molecule has 0 aliphatic rings. The van der Waals surface area contributed by atoms with Gasteiger partial charge in [0, 0.05) is 18.7 Å². The number of ether oxygens (including phenoxy) is 1. The van der Waals surface area contributed by atoms with Crippen LogP contribution in [0, 0.1) is 0 Å². The molecule has 0 unspecified atom stereocenters. The van der Waals surface area contributed by atoms with E-state index in [1.807, 2.05) is 0 Å². The first-order chi connectivity index (χ1) is 13.7. The molecule has 0 radical (unpaired) electrons. The number of esters is 1. The van der Waals surface area contributed by atoms with Crippen molar-refractivity contribution in [3.63, 3.8) is 0 Å². The van der Waals surface area contributed by atoms with E-state index in [4.69, 9.17) is 10.8 Å². The molecule has 0 rings (SSSR count). The fraction of sp³-hybridized carbons (Fsp3) is 0.611. The second kappa shape index (κ2) is 14.1. The highest BCUT2D eigenvalue weighted by atomic mass is 16.5. The van der Waals surface area contributed by atoms with E-state index in [-0.39, 0.29) is 19.4 Å². The Labute approximate surface area is 169 Å². The molecule has 0 saturated heterocycles. The van der Waals surface area contributed by atoms with Crippen LogP contribution < -0.4 is 21.7 Å². The Morgan fingerprint density at radius 3 is 2.03 bits per heavy atom. The number of hydrogen-bond acceptors (Lipinski definition) is 7.